The summed E-state index contributed by atoms with van der Waals surface area (Å²) in [4.78, 5) is 17.6. The minimum Gasteiger partial charge on any atom is -0.465 e. The second kappa shape index (κ2) is 5.95. The highest BCUT2D eigenvalue weighted by molar-refractivity contribution is 6.35. The smallest absolute Gasteiger partial charge is 0.404 e. The van der Waals surface area contributed by atoms with Crippen molar-refractivity contribution in [3.05, 3.63) is 40.1 Å². The number of hydrogen-bond donors (Lipinski definition) is 3. The number of hydrogen-bond acceptors (Lipinski definition) is 2. The summed E-state index contributed by atoms with van der Waals surface area (Å²) in [5.74, 6) is 0.648. The predicted molar refractivity (Wildman–Crippen MR) is 73.8 cm³/mol. The molecule has 0 saturated heterocycles. The number of H-pyrrole nitrogens is 1. The van der Waals surface area contributed by atoms with Crippen molar-refractivity contribution >= 4 is 29.3 Å². The molecule has 0 aliphatic heterocycles. The first-order valence-corrected chi connectivity index (χ1v) is 6.27. The van der Waals surface area contributed by atoms with Gasteiger partial charge >= 0.3 is 6.09 Å². The molecule has 0 radical (unpaired) electrons. The van der Waals surface area contributed by atoms with Gasteiger partial charge in [-0.25, -0.2) is 9.78 Å². The molecule has 100 valence electrons. The summed E-state index contributed by atoms with van der Waals surface area (Å²) in [5, 5.41) is 11.8. The Bertz CT molecular complexity index is 578. The summed E-state index contributed by atoms with van der Waals surface area (Å²) in [7, 11) is 0. The van der Waals surface area contributed by atoms with Crippen LogP contribution in [0.5, 0.6) is 0 Å². The third-order valence-corrected chi connectivity index (χ3v) is 2.87. The molecular weight excluding hydrogens is 289 g/mol. The van der Waals surface area contributed by atoms with E-state index in [1.165, 1.54) is 0 Å². The molecule has 0 aliphatic carbocycles. The summed E-state index contributed by atoms with van der Waals surface area (Å²) in [6.45, 7) is 0.327. The largest absolute Gasteiger partial charge is 0.465 e. The number of imidazole rings is 1. The molecule has 1 aromatic heterocycles. The zero-order valence-corrected chi connectivity index (χ0v) is 11.3. The van der Waals surface area contributed by atoms with Gasteiger partial charge < -0.3 is 15.4 Å². The van der Waals surface area contributed by atoms with E-state index in [1.807, 2.05) is 0 Å². The van der Waals surface area contributed by atoms with Crippen LogP contribution in [0.25, 0.3) is 11.4 Å². The number of halogens is 2. The summed E-state index contributed by atoms with van der Waals surface area (Å²) in [6.07, 6.45) is 1.16. The van der Waals surface area contributed by atoms with Crippen LogP contribution in [0.15, 0.2) is 24.4 Å². The number of nitrogens with one attached hydrogen (secondary N) is 2. The lowest BCUT2D eigenvalue weighted by atomic mass is 10.2. The number of carboxylic acid groups (broad SMARTS) is 1. The number of carbonyl (C=O) groups is 1. The summed E-state index contributed by atoms with van der Waals surface area (Å²) < 4.78 is 0. The van der Waals surface area contributed by atoms with Gasteiger partial charge in [0.25, 0.3) is 0 Å². The Morgan fingerprint density at radius 1 is 1.32 bits per heavy atom. The van der Waals surface area contributed by atoms with Crippen molar-refractivity contribution in [3.63, 3.8) is 0 Å². The highest BCUT2D eigenvalue weighted by Gasteiger charge is 2.06. The van der Waals surface area contributed by atoms with E-state index in [4.69, 9.17) is 28.3 Å². The second-order valence-corrected chi connectivity index (χ2v) is 4.77. The van der Waals surface area contributed by atoms with E-state index < -0.39 is 6.09 Å². The van der Waals surface area contributed by atoms with Crippen molar-refractivity contribution < 1.29 is 9.90 Å². The number of benzene rings is 1. The highest BCUT2D eigenvalue weighted by atomic mass is 35.5. The van der Waals surface area contributed by atoms with Crippen molar-refractivity contribution in [1.82, 2.24) is 15.3 Å². The molecule has 1 aromatic carbocycles. The SMILES string of the molecule is O=C(O)NCCc1cnc(-c2cc(Cl)cc(Cl)c2)[nH]1. The number of aromatic nitrogens is 2. The maximum Gasteiger partial charge on any atom is 0.404 e. The van der Waals surface area contributed by atoms with Gasteiger partial charge in [0.1, 0.15) is 5.82 Å². The van der Waals surface area contributed by atoms with Gasteiger partial charge in [-0.05, 0) is 18.2 Å². The molecule has 3 N–H and O–H groups in total. The average Bonchev–Trinajstić information content (AvgIpc) is 2.76. The third-order valence-electron chi connectivity index (χ3n) is 2.44. The van der Waals surface area contributed by atoms with Crippen LogP contribution in [0, 0.1) is 0 Å². The van der Waals surface area contributed by atoms with Crippen molar-refractivity contribution in [3.8, 4) is 11.4 Å². The van der Waals surface area contributed by atoms with E-state index in [0.717, 1.165) is 11.3 Å². The van der Waals surface area contributed by atoms with E-state index in [0.29, 0.717) is 28.8 Å². The lowest BCUT2D eigenvalue weighted by molar-refractivity contribution is 0.194. The van der Waals surface area contributed by atoms with Crippen LogP contribution in [0.1, 0.15) is 5.69 Å². The third kappa shape index (κ3) is 3.87. The molecular formula is C12H11Cl2N3O2. The van der Waals surface area contributed by atoms with E-state index in [-0.39, 0.29) is 0 Å². The molecule has 2 rings (SSSR count). The van der Waals surface area contributed by atoms with Crippen LogP contribution in [0.4, 0.5) is 4.79 Å². The summed E-state index contributed by atoms with van der Waals surface area (Å²) in [5.41, 5.74) is 1.62. The lowest BCUT2D eigenvalue weighted by Gasteiger charge is -2.00. The zero-order chi connectivity index (χ0) is 13.8. The van der Waals surface area contributed by atoms with Gasteiger partial charge in [-0.3, -0.25) is 0 Å². The van der Waals surface area contributed by atoms with Crippen molar-refractivity contribution in [2.75, 3.05) is 6.54 Å². The summed E-state index contributed by atoms with van der Waals surface area (Å²) in [6, 6.07) is 5.16. The molecule has 1 amide bonds. The first-order valence-electron chi connectivity index (χ1n) is 5.52. The highest BCUT2D eigenvalue weighted by Crippen LogP contribution is 2.25. The average molecular weight is 300 g/mol. The van der Waals surface area contributed by atoms with Gasteiger partial charge in [0.05, 0.1) is 0 Å². The Kier molecular flexibility index (Phi) is 4.29. The van der Waals surface area contributed by atoms with Gasteiger partial charge in [0.2, 0.25) is 0 Å². The normalized spacial score (nSPS) is 10.4. The number of aromatic amines is 1. The Hall–Kier alpha value is -1.72. The summed E-state index contributed by atoms with van der Waals surface area (Å²) >= 11 is 11.8. The zero-order valence-electron chi connectivity index (χ0n) is 9.78. The van der Waals surface area contributed by atoms with E-state index in [1.54, 1.807) is 24.4 Å². The van der Waals surface area contributed by atoms with Gasteiger partial charge in [-0.1, -0.05) is 23.2 Å². The minimum atomic E-state index is -1.04. The van der Waals surface area contributed by atoms with E-state index >= 15 is 0 Å². The molecule has 0 bridgehead atoms. The standard InChI is InChI=1S/C12H11Cl2N3O2/c13-8-3-7(4-9(14)5-8)11-16-6-10(17-11)1-2-15-12(18)19/h3-6,15H,1-2H2,(H,16,17)(H,18,19). The molecule has 7 heteroatoms. The molecule has 2 aromatic rings. The van der Waals surface area contributed by atoms with Crippen LogP contribution in [0.2, 0.25) is 10.0 Å². The quantitative estimate of drug-likeness (QED) is 0.811. The first-order chi connectivity index (χ1) is 9.04. The first kappa shape index (κ1) is 13.7. The van der Waals surface area contributed by atoms with Crippen LogP contribution in [-0.2, 0) is 6.42 Å². The molecule has 0 saturated carbocycles. The van der Waals surface area contributed by atoms with Gasteiger partial charge in [-0.15, -0.1) is 0 Å². The van der Waals surface area contributed by atoms with Crippen LogP contribution >= 0.6 is 23.2 Å². The fourth-order valence-corrected chi connectivity index (χ4v) is 2.15. The van der Waals surface area contributed by atoms with E-state index in [2.05, 4.69) is 15.3 Å². The maximum absolute atomic E-state index is 10.3. The predicted octanol–water partition coefficient (Wildman–Crippen LogP) is 3.19. The van der Waals surface area contributed by atoms with Crippen LogP contribution in [0.3, 0.4) is 0 Å². The lowest BCUT2D eigenvalue weighted by Crippen LogP contribution is -2.23. The molecule has 0 atom stereocenters. The Morgan fingerprint density at radius 2 is 2.00 bits per heavy atom. The Morgan fingerprint density at radius 3 is 2.63 bits per heavy atom. The fourth-order valence-electron chi connectivity index (χ4n) is 1.63. The molecule has 0 unspecified atom stereocenters. The minimum absolute atomic E-state index is 0.327. The van der Waals surface area contributed by atoms with Crippen LogP contribution in [-0.4, -0.2) is 27.7 Å². The fraction of sp³-hybridized carbons (Fsp3) is 0.167. The van der Waals surface area contributed by atoms with Gasteiger partial charge in [0, 0.05) is 40.5 Å². The van der Waals surface area contributed by atoms with Gasteiger partial charge in [-0.2, -0.15) is 0 Å². The topological polar surface area (TPSA) is 78.0 Å². The van der Waals surface area contributed by atoms with Gasteiger partial charge in [0.15, 0.2) is 0 Å². The van der Waals surface area contributed by atoms with E-state index in [9.17, 15) is 4.79 Å². The molecule has 0 fully saturated rings. The molecule has 0 aliphatic rings. The number of amides is 1. The number of rotatable bonds is 4. The molecule has 0 spiro atoms. The van der Waals surface area contributed by atoms with Crippen LogP contribution < -0.4 is 5.32 Å². The molecule has 5 nitrogen and oxygen atoms in total. The number of nitrogens with zero attached hydrogens (tertiary/aromatic N) is 1. The van der Waals surface area contributed by atoms with Crippen molar-refractivity contribution in [1.29, 1.82) is 0 Å². The molecule has 19 heavy (non-hydrogen) atoms. The monoisotopic (exact) mass is 299 g/mol. The van der Waals surface area contributed by atoms with Crippen molar-refractivity contribution in [2.24, 2.45) is 0 Å². The van der Waals surface area contributed by atoms with Crippen molar-refractivity contribution in [2.45, 2.75) is 6.42 Å². The Labute approximate surface area is 119 Å². The second-order valence-electron chi connectivity index (χ2n) is 3.90. The molecule has 1 heterocycles. The maximum atomic E-state index is 10.3. The Balaban J connectivity index is 2.09.